The number of hydrogen-bond acceptors (Lipinski definition) is 2. The fourth-order valence-electron chi connectivity index (χ4n) is 2.77. The highest BCUT2D eigenvalue weighted by atomic mass is 19.1. The predicted molar refractivity (Wildman–Crippen MR) is 60.8 cm³/mol. The lowest BCUT2D eigenvalue weighted by Crippen LogP contribution is -2.46. The molecule has 2 aliphatic heterocycles. The van der Waals surface area contributed by atoms with Gasteiger partial charge in [-0.2, -0.15) is 0 Å². The molecule has 2 saturated heterocycles. The van der Waals surface area contributed by atoms with Crippen molar-refractivity contribution in [3.63, 3.8) is 0 Å². The van der Waals surface area contributed by atoms with Crippen molar-refractivity contribution in [2.75, 3.05) is 26.2 Å². The van der Waals surface area contributed by atoms with Crippen molar-refractivity contribution in [3.05, 3.63) is 0 Å². The summed E-state index contributed by atoms with van der Waals surface area (Å²) < 4.78 is 13.8. The molecule has 2 heterocycles. The van der Waals surface area contributed by atoms with Gasteiger partial charge in [-0.3, -0.25) is 4.90 Å². The summed E-state index contributed by atoms with van der Waals surface area (Å²) in [4.78, 5) is 2.50. The summed E-state index contributed by atoms with van der Waals surface area (Å²) in [6.45, 7) is 6.05. The quantitative estimate of drug-likeness (QED) is 0.718. The SMILES string of the molecule is CC1(F)CCCN(C2CCCNC2)CC1. The monoisotopic (exact) mass is 214 g/mol. The first-order chi connectivity index (χ1) is 7.17. The van der Waals surface area contributed by atoms with E-state index >= 15 is 0 Å². The highest BCUT2D eigenvalue weighted by Crippen LogP contribution is 2.27. The van der Waals surface area contributed by atoms with E-state index in [0.29, 0.717) is 12.5 Å². The molecule has 3 heteroatoms. The molecule has 0 saturated carbocycles. The second-order valence-electron chi connectivity index (χ2n) is 5.30. The Hall–Kier alpha value is -0.150. The van der Waals surface area contributed by atoms with E-state index < -0.39 is 5.67 Å². The molecule has 2 unspecified atom stereocenters. The molecule has 0 aromatic rings. The number of rotatable bonds is 1. The maximum absolute atomic E-state index is 13.8. The van der Waals surface area contributed by atoms with Gasteiger partial charge in [0.05, 0.1) is 0 Å². The van der Waals surface area contributed by atoms with Crippen LogP contribution in [0.25, 0.3) is 0 Å². The molecular formula is C12H23FN2. The molecule has 2 aliphatic rings. The molecule has 15 heavy (non-hydrogen) atoms. The van der Waals surface area contributed by atoms with E-state index in [-0.39, 0.29) is 0 Å². The number of halogens is 1. The number of alkyl halides is 1. The normalized spacial score (nSPS) is 40.0. The Kier molecular flexibility index (Phi) is 3.62. The average molecular weight is 214 g/mol. The second kappa shape index (κ2) is 4.79. The first-order valence-electron chi connectivity index (χ1n) is 6.31. The Morgan fingerprint density at radius 2 is 2.13 bits per heavy atom. The maximum Gasteiger partial charge on any atom is 0.109 e. The van der Waals surface area contributed by atoms with Gasteiger partial charge in [0.2, 0.25) is 0 Å². The zero-order valence-electron chi connectivity index (χ0n) is 9.77. The summed E-state index contributed by atoms with van der Waals surface area (Å²) in [6, 6.07) is 0.660. The molecule has 2 rings (SSSR count). The molecule has 2 fully saturated rings. The third-order valence-corrected chi connectivity index (χ3v) is 3.85. The van der Waals surface area contributed by atoms with E-state index in [2.05, 4.69) is 10.2 Å². The summed E-state index contributed by atoms with van der Waals surface area (Å²) in [6.07, 6.45) is 5.03. The molecule has 0 aromatic heterocycles. The van der Waals surface area contributed by atoms with Crippen LogP contribution in [-0.2, 0) is 0 Å². The molecule has 0 aliphatic carbocycles. The van der Waals surface area contributed by atoms with Gasteiger partial charge in [0, 0.05) is 19.1 Å². The van der Waals surface area contributed by atoms with E-state index in [9.17, 15) is 4.39 Å². The molecular weight excluding hydrogens is 191 g/mol. The third-order valence-electron chi connectivity index (χ3n) is 3.85. The Bertz CT molecular complexity index is 200. The van der Waals surface area contributed by atoms with Crippen molar-refractivity contribution < 1.29 is 4.39 Å². The first-order valence-corrected chi connectivity index (χ1v) is 6.31. The lowest BCUT2D eigenvalue weighted by molar-refractivity contribution is 0.141. The van der Waals surface area contributed by atoms with Gasteiger partial charge in [-0.1, -0.05) is 0 Å². The zero-order valence-corrected chi connectivity index (χ0v) is 9.77. The number of nitrogens with zero attached hydrogens (tertiary/aromatic N) is 1. The summed E-state index contributed by atoms with van der Waals surface area (Å²) in [5.41, 5.74) is -0.920. The molecule has 1 N–H and O–H groups in total. The van der Waals surface area contributed by atoms with Crippen LogP contribution in [0.15, 0.2) is 0 Å². The van der Waals surface area contributed by atoms with Crippen molar-refractivity contribution in [1.29, 1.82) is 0 Å². The fraction of sp³-hybridized carbons (Fsp3) is 1.00. The standard InChI is InChI=1S/C12H23FN2/c1-12(13)5-3-8-15(9-6-12)11-4-2-7-14-10-11/h11,14H,2-10H2,1H3. The van der Waals surface area contributed by atoms with Crippen LogP contribution in [-0.4, -0.2) is 42.8 Å². The lowest BCUT2D eigenvalue weighted by atomic mass is 10.00. The first kappa shape index (κ1) is 11.3. The van der Waals surface area contributed by atoms with Crippen LogP contribution in [0.1, 0.15) is 39.0 Å². The third kappa shape index (κ3) is 3.15. The highest BCUT2D eigenvalue weighted by molar-refractivity contribution is 4.85. The van der Waals surface area contributed by atoms with Crippen LogP contribution >= 0.6 is 0 Å². The largest absolute Gasteiger partial charge is 0.315 e. The molecule has 0 bridgehead atoms. The van der Waals surface area contributed by atoms with Crippen LogP contribution in [0.2, 0.25) is 0 Å². The van der Waals surface area contributed by atoms with Gasteiger partial charge in [-0.05, 0) is 52.1 Å². The topological polar surface area (TPSA) is 15.3 Å². The fourth-order valence-corrected chi connectivity index (χ4v) is 2.77. The van der Waals surface area contributed by atoms with Crippen molar-refractivity contribution in [1.82, 2.24) is 10.2 Å². The maximum atomic E-state index is 13.8. The molecule has 2 atom stereocenters. The molecule has 0 aromatic carbocycles. The number of piperidine rings is 1. The highest BCUT2D eigenvalue weighted by Gasteiger charge is 2.30. The number of hydrogen-bond donors (Lipinski definition) is 1. The summed E-state index contributed by atoms with van der Waals surface area (Å²) >= 11 is 0. The van der Waals surface area contributed by atoms with Gasteiger partial charge in [0.1, 0.15) is 5.67 Å². The Morgan fingerprint density at radius 1 is 1.27 bits per heavy atom. The molecule has 88 valence electrons. The van der Waals surface area contributed by atoms with Crippen molar-refractivity contribution in [2.45, 2.75) is 50.7 Å². The second-order valence-corrected chi connectivity index (χ2v) is 5.30. The molecule has 0 radical (unpaired) electrons. The Balaban J connectivity index is 1.87. The smallest absolute Gasteiger partial charge is 0.109 e. The lowest BCUT2D eigenvalue weighted by Gasteiger charge is -2.33. The average Bonchev–Trinajstić information content (AvgIpc) is 2.41. The van der Waals surface area contributed by atoms with E-state index in [1.165, 1.54) is 12.8 Å². The minimum absolute atomic E-state index is 0.660. The summed E-state index contributed by atoms with van der Waals surface area (Å²) in [5.74, 6) is 0. The van der Waals surface area contributed by atoms with Gasteiger partial charge in [0.25, 0.3) is 0 Å². The van der Waals surface area contributed by atoms with E-state index in [4.69, 9.17) is 0 Å². The molecule has 0 amide bonds. The van der Waals surface area contributed by atoms with Crippen LogP contribution in [0.5, 0.6) is 0 Å². The van der Waals surface area contributed by atoms with Gasteiger partial charge in [-0.25, -0.2) is 4.39 Å². The van der Waals surface area contributed by atoms with E-state index in [1.54, 1.807) is 6.92 Å². The van der Waals surface area contributed by atoms with Crippen LogP contribution in [0.3, 0.4) is 0 Å². The molecule has 0 spiro atoms. The van der Waals surface area contributed by atoms with Crippen molar-refractivity contribution in [2.24, 2.45) is 0 Å². The minimum Gasteiger partial charge on any atom is -0.315 e. The predicted octanol–water partition coefficient (Wildman–Crippen LogP) is 1.95. The Labute approximate surface area is 92.2 Å². The van der Waals surface area contributed by atoms with Gasteiger partial charge in [-0.15, -0.1) is 0 Å². The van der Waals surface area contributed by atoms with E-state index in [0.717, 1.165) is 39.0 Å². The summed E-state index contributed by atoms with van der Waals surface area (Å²) in [5, 5.41) is 3.44. The minimum atomic E-state index is -0.920. The van der Waals surface area contributed by atoms with Crippen molar-refractivity contribution in [3.8, 4) is 0 Å². The van der Waals surface area contributed by atoms with Crippen LogP contribution < -0.4 is 5.32 Å². The van der Waals surface area contributed by atoms with E-state index in [1.807, 2.05) is 0 Å². The Morgan fingerprint density at radius 3 is 2.87 bits per heavy atom. The van der Waals surface area contributed by atoms with Gasteiger partial charge in [0.15, 0.2) is 0 Å². The molecule has 2 nitrogen and oxygen atoms in total. The van der Waals surface area contributed by atoms with Crippen LogP contribution in [0.4, 0.5) is 4.39 Å². The number of nitrogens with one attached hydrogen (secondary N) is 1. The van der Waals surface area contributed by atoms with Gasteiger partial charge < -0.3 is 5.32 Å². The number of likely N-dealkylation sites (tertiary alicyclic amines) is 1. The summed E-state index contributed by atoms with van der Waals surface area (Å²) in [7, 11) is 0. The van der Waals surface area contributed by atoms with Crippen molar-refractivity contribution >= 4 is 0 Å². The zero-order chi connectivity index (χ0) is 10.7. The van der Waals surface area contributed by atoms with Gasteiger partial charge >= 0.3 is 0 Å². The van der Waals surface area contributed by atoms with Crippen LogP contribution in [0, 0.1) is 0 Å².